The SMILES string of the molecule is O=C(CNCC1CC2CCC1C2)Nc1cccc(F)c1. The zero-order valence-electron chi connectivity index (χ0n) is 11.6. The molecule has 1 aromatic rings. The highest BCUT2D eigenvalue weighted by molar-refractivity contribution is 5.92. The van der Waals surface area contributed by atoms with E-state index in [9.17, 15) is 9.18 Å². The van der Waals surface area contributed by atoms with Gasteiger partial charge in [-0.1, -0.05) is 12.5 Å². The van der Waals surface area contributed by atoms with E-state index in [4.69, 9.17) is 0 Å². The van der Waals surface area contributed by atoms with Gasteiger partial charge in [-0.2, -0.15) is 0 Å². The summed E-state index contributed by atoms with van der Waals surface area (Å²) in [6.07, 6.45) is 5.48. The van der Waals surface area contributed by atoms with Crippen LogP contribution in [0.5, 0.6) is 0 Å². The fraction of sp³-hybridized carbons (Fsp3) is 0.562. The Balaban J connectivity index is 1.39. The maximum atomic E-state index is 13.0. The molecule has 0 heterocycles. The Morgan fingerprint density at radius 2 is 2.20 bits per heavy atom. The summed E-state index contributed by atoms with van der Waals surface area (Å²) in [7, 11) is 0. The van der Waals surface area contributed by atoms with Crippen molar-refractivity contribution in [3.8, 4) is 0 Å². The summed E-state index contributed by atoms with van der Waals surface area (Å²) in [5.41, 5.74) is 0.511. The van der Waals surface area contributed by atoms with Crippen LogP contribution >= 0.6 is 0 Å². The summed E-state index contributed by atoms with van der Waals surface area (Å²) in [6, 6.07) is 5.97. The van der Waals surface area contributed by atoms with Crippen LogP contribution in [0.3, 0.4) is 0 Å². The topological polar surface area (TPSA) is 41.1 Å². The zero-order chi connectivity index (χ0) is 13.9. The summed E-state index contributed by atoms with van der Waals surface area (Å²) in [6.45, 7) is 1.22. The number of carbonyl (C=O) groups is 1. The van der Waals surface area contributed by atoms with E-state index in [0.29, 0.717) is 12.2 Å². The molecule has 0 saturated heterocycles. The second kappa shape index (κ2) is 5.92. The van der Waals surface area contributed by atoms with E-state index in [1.807, 2.05) is 0 Å². The molecule has 0 spiro atoms. The van der Waals surface area contributed by atoms with E-state index in [-0.39, 0.29) is 11.7 Å². The molecule has 0 radical (unpaired) electrons. The van der Waals surface area contributed by atoms with Crippen LogP contribution in [0.25, 0.3) is 0 Å². The van der Waals surface area contributed by atoms with Gasteiger partial charge in [-0.15, -0.1) is 0 Å². The Hall–Kier alpha value is -1.42. The van der Waals surface area contributed by atoms with Crippen LogP contribution in [0.1, 0.15) is 25.7 Å². The first-order valence-corrected chi connectivity index (χ1v) is 7.47. The molecule has 0 aromatic heterocycles. The zero-order valence-corrected chi connectivity index (χ0v) is 11.6. The van der Waals surface area contributed by atoms with Gasteiger partial charge in [-0.25, -0.2) is 4.39 Å². The van der Waals surface area contributed by atoms with Crippen molar-refractivity contribution >= 4 is 11.6 Å². The van der Waals surface area contributed by atoms with E-state index in [0.717, 1.165) is 24.3 Å². The Bertz CT molecular complexity index is 491. The number of halogens is 1. The molecule has 2 aliphatic carbocycles. The van der Waals surface area contributed by atoms with E-state index >= 15 is 0 Å². The molecule has 2 saturated carbocycles. The van der Waals surface area contributed by atoms with Gasteiger partial charge in [0.2, 0.25) is 5.91 Å². The van der Waals surface area contributed by atoms with Crippen molar-refractivity contribution in [3.63, 3.8) is 0 Å². The number of rotatable bonds is 5. The molecule has 3 nitrogen and oxygen atoms in total. The Kier molecular flexibility index (Phi) is 4.01. The maximum Gasteiger partial charge on any atom is 0.238 e. The van der Waals surface area contributed by atoms with Gasteiger partial charge >= 0.3 is 0 Å². The second-order valence-corrected chi connectivity index (χ2v) is 6.12. The molecule has 4 heteroatoms. The van der Waals surface area contributed by atoms with E-state index in [1.54, 1.807) is 12.1 Å². The van der Waals surface area contributed by atoms with Gasteiger partial charge in [-0.05, 0) is 61.8 Å². The molecule has 108 valence electrons. The molecule has 1 aromatic carbocycles. The molecule has 1 amide bonds. The summed E-state index contributed by atoms with van der Waals surface area (Å²) >= 11 is 0. The third kappa shape index (κ3) is 3.18. The number of fused-ring (bicyclic) bond motifs is 2. The van der Waals surface area contributed by atoms with Crippen LogP contribution in [0.4, 0.5) is 10.1 Å². The number of carbonyl (C=O) groups excluding carboxylic acids is 1. The largest absolute Gasteiger partial charge is 0.325 e. The highest BCUT2D eigenvalue weighted by Crippen LogP contribution is 2.47. The van der Waals surface area contributed by atoms with Crippen molar-refractivity contribution < 1.29 is 9.18 Å². The minimum atomic E-state index is -0.335. The molecule has 0 aliphatic heterocycles. The molecule has 3 unspecified atom stereocenters. The van der Waals surface area contributed by atoms with Crippen LogP contribution in [-0.2, 0) is 4.79 Å². The summed E-state index contributed by atoms with van der Waals surface area (Å²) in [5, 5.41) is 5.94. The minimum Gasteiger partial charge on any atom is -0.325 e. The first-order valence-electron chi connectivity index (χ1n) is 7.47. The summed E-state index contributed by atoms with van der Waals surface area (Å²) in [5.74, 6) is 2.11. The van der Waals surface area contributed by atoms with Crippen molar-refractivity contribution in [2.45, 2.75) is 25.7 Å². The van der Waals surface area contributed by atoms with Crippen molar-refractivity contribution in [2.24, 2.45) is 17.8 Å². The molecule has 20 heavy (non-hydrogen) atoms. The molecule has 3 atom stereocenters. The third-order valence-electron chi connectivity index (χ3n) is 4.68. The lowest BCUT2D eigenvalue weighted by Gasteiger charge is -2.21. The van der Waals surface area contributed by atoms with Crippen LogP contribution < -0.4 is 10.6 Å². The van der Waals surface area contributed by atoms with Gasteiger partial charge in [0.15, 0.2) is 0 Å². The van der Waals surface area contributed by atoms with Gasteiger partial charge < -0.3 is 10.6 Å². The van der Waals surface area contributed by atoms with Crippen LogP contribution in [0, 0.1) is 23.6 Å². The number of hydrogen-bond acceptors (Lipinski definition) is 2. The molecular formula is C16H21FN2O. The molecule has 3 rings (SSSR count). The molecular weight excluding hydrogens is 255 g/mol. The van der Waals surface area contributed by atoms with Crippen LogP contribution in [-0.4, -0.2) is 19.0 Å². The fourth-order valence-electron chi connectivity index (χ4n) is 3.77. The monoisotopic (exact) mass is 276 g/mol. The predicted molar refractivity (Wildman–Crippen MR) is 76.8 cm³/mol. The number of nitrogens with one attached hydrogen (secondary N) is 2. The van der Waals surface area contributed by atoms with Crippen LogP contribution in [0.2, 0.25) is 0 Å². The summed E-state index contributed by atoms with van der Waals surface area (Å²) in [4.78, 5) is 11.8. The smallest absolute Gasteiger partial charge is 0.238 e. The standard InChI is InChI=1S/C16H21FN2O/c17-14-2-1-3-15(8-14)19-16(20)10-18-9-13-7-11-4-5-12(13)6-11/h1-3,8,11-13,18H,4-7,9-10H2,(H,19,20). The van der Waals surface area contributed by atoms with Gasteiger partial charge in [0.05, 0.1) is 6.54 Å². The van der Waals surface area contributed by atoms with E-state index < -0.39 is 0 Å². The Labute approximate surface area is 118 Å². The maximum absolute atomic E-state index is 13.0. The van der Waals surface area contributed by atoms with Gasteiger partial charge in [0, 0.05) is 5.69 Å². The highest BCUT2D eigenvalue weighted by Gasteiger charge is 2.38. The normalized spacial score (nSPS) is 27.8. The number of amides is 1. The van der Waals surface area contributed by atoms with Gasteiger partial charge in [0.1, 0.15) is 5.82 Å². The molecule has 2 fully saturated rings. The van der Waals surface area contributed by atoms with Crippen molar-refractivity contribution in [2.75, 3.05) is 18.4 Å². The Morgan fingerprint density at radius 1 is 1.30 bits per heavy atom. The average molecular weight is 276 g/mol. The van der Waals surface area contributed by atoms with Crippen molar-refractivity contribution in [3.05, 3.63) is 30.1 Å². The molecule has 2 bridgehead atoms. The fourth-order valence-corrected chi connectivity index (χ4v) is 3.77. The lowest BCUT2D eigenvalue weighted by molar-refractivity contribution is -0.115. The number of anilines is 1. The lowest BCUT2D eigenvalue weighted by atomic mass is 9.89. The lowest BCUT2D eigenvalue weighted by Crippen LogP contribution is -2.33. The highest BCUT2D eigenvalue weighted by atomic mass is 19.1. The van der Waals surface area contributed by atoms with Crippen molar-refractivity contribution in [1.82, 2.24) is 5.32 Å². The molecule has 2 N–H and O–H groups in total. The van der Waals surface area contributed by atoms with Gasteiger partial charge in [-0.3, -0.25) is 4.79 Å². The average Bonchev–Trinajstić information content (AvgIpc) is 3.01. The second-order valence-electron chi connectivity index (χ2n) is 6.12. The number of benzene rings is 1. The van der Waals surface area contributed by atoms with E-state index in [1.165, 1.54) is 37.8 Å². The predicted octanol–water partition coefficient (Wildman–Crippen LogP) is 2.79. The van der Waals surface area contributed by atoms with Gasteiger partial charge in [0.25, 0.3) is 0 Å². The number of hydrogen-bond donors (Lipinski definition) is 2. The van der Waals surface area contributed by atoms with Crippen LogP contribution in [0.15, 0.2) is 24.3 Å². The third-order valence-corrected chi connectivity index (χ3v) is 4.68. The van der Waals surface area contributed by atoms with Crippen molar-refractivity contribution in [1.29, 1.82) is 0 Å². The van der Waals surface area contributed by atoms with E-state index in [2.05, 4.69) is 10.6 Å². The minimum absolute atomic E-state index is 0.112. The first kappa shape index (κ1) is 13.6. The quantitative estimate of drug-likeness (QED) is 0.868. The summed E-state index contributed by atoms with van der Waals surface area (Å²) < 4.78 is 13.0. The first-order chi connectivity index (χ1) is 9.70. The molecule has 2 aliphatic rings. The Morgan fingerprint density at radius 3 is 2.90 bits per heavy atom.